The predicted octanol–water partition coefficient (Wildman–Crippen LogP) is 3.29. The quantitative estimate of drug-likeness (QED) is 0.628. The number of allylic oxidation sites excluding steroid dienone is 1. The maximum absolute atomic E-state index is 12.7. The van der Waals surface area contributed by atoms with Crippen LogP contribution in [0.4, 0.5) is 18.2 Å². The van der Waals surface area contributed by atoms with E-state index in [1.54, 1.807) is 11.3 Å². The average molecular weight is 330 g/mol. The van der Waals surface area contributed by atoms with E-state index < -0.39 is 23.4 Å². The van der Waals surface area contributed by atoms with Gasteiger partial charge in [-0.15, -0.1) is 11.3 Å². The molecule has 22 heavy (non-hydrogen) atoms. The minimum atomic E-state index is -4.68. The van der Waals surface area contributed by atoms with Gasteiger partial charge in [0.2, 0.25) is 0 Å². The summed E-state index contributed by atoms with van der Waals surface area (Å²) in [4.78, 5) is 18.8. The largest absolute Gasteiger partial charge is 0.437 e. The minimum absolute atomic E-state index is 0.333. The first-order chi connectivity index (χ1) is 10.4. The molecule has 2 aliphatic heterocycles. The Labute approximate surface area is 128 Å². The fraction of sp³-hybridized carbons (Fsp3) is 0.429. The lowest BCUT2D eigenvalue weighted by Crippen LogP contribution is -2.36. The molecule has 0 atom stereocenters. The highest BCUT2D eigenvalue weighted by Gasteiger charge is 2.45. The Morgan fingerprint density at radius 2 is 2.14 bits per heavy atom. The maximum atomic E-state index is 12.7. The number of thiophene rings is 1. The molecule has 0 radical (unpaired) electrons. The molecule has 4 nitrogen and oxygen atoms in total. The van der Waals surface area contributed by atoms with Crippen LogP contribution in [0.5, 0.6) is 0 Å². The molecule has 0 N–H and O–H groups in total. The van der Waals surface area contributed by atoms with Gasteiger partial charge in [-0.3, -0.25) is 0 Å². The summed E-state index contributed by atoms with van der Waals surface area (Å²) in [6.07, 6.45) is -1.31. The van der Waals surface area contributed by atoms with Gasteiger partial charge in [0.1, 0.15) is 0 Å². The molecule has 2 aliphatic rings. The van der Waals surface area contributed by atoms with Crippen molar-refractivity contribution < 1.29 is 22.8 Å². The Hall–Kier alpha value is -1.83. The number of nitrogens with zero attached hydrogens (tertiary/aromatic N) is 2. The van der Waals surface area contributed by atoms with Crippen LogP contribution in [-0.4, -0.2) is 30.9 Å². The Kier molecular flexibility index (Phi) is 3.94. The highest BCUT2D eigenvalue weighted by molar-refractivity contribution is 7.16. The van der Waals surface area contributed by atoms with Gasteiger partial charge in [0.15, 0.2) is 5.71 Å². The lowest BCUT2D eigenvalue weighted by molar-refractivity contribution is -0.136. The van der Waals surface area contributed by atoms with Gasteiger partial charge in [-0.2, -0.15) is 13.2 Å². The minimum Gasteiger partial charge on any atom is -0.363 e. The van der Waals surface area contributed by atoms with E-state index in [1.165, 1.54) is 17.5 Å². The molecule has 1 fully saturated rings. The zero-order valence-corrected chi connectivity index (χ0v) is 12.3. The smallest absolute Gasteiger partial charge is 0.363 e. The van der Waals surface area contributed by atoms with E-state index in [0.29, 0.717) is 12.8 Å². The first-order valence-corrected chi connectivity index (χ1v) is 7.67. The molecule has 1 aromatic heterocycles. The molecule has 3 rings (SSSR count). The monoisotopic (exact) mass is 330 g/mol. The van der Waals surface area contributed by atoms with Gasteiger partial charge in [0.05, 0.1) is 10.6 Å². The molecule has 0 saturated carbocycles. The number of aryl methyl sites for hydroxylation is 1. The molecule has 0 aromatic carbocycles. The average Bonchev–Trinajstić information content (AvgIpc) is 2.95. The van der Waals surface area contributed by atoms with Gasteiger partial charge in [0.25, 0.3) is 0 Å². The molecule has 118 valence electrons. The number of carbonyl (C=O) groups excluding carboxylic acids is 1. The number of anilines is 1. The van der Waals surface area contributed by atoms with Crippen LogP contribution < -0.4 is 4.90 Å². The molecule has 0 spiro atoms. The van der Waals surface area contributed by atoms with Gasteiger partial charge in [-0.05, 0) is 31.4 Å². The zero-order chi connectivity index (χ0) is 15.7. The summed E-state index contributed by atoms with van der Waals surface area (Å²) in [5.41, 5.74) is -1.74. The molecule has 8 heteroatoms. The van der Waals surface area contributed by atoms with Crippen LogP contribution in [0.3, 0.4) is 0 Å². The maximum Gasteiger partial charge on any atom is 0.437 e. The Bertz CT molecular complexity index is 645. The Morgan fingerprint density at radius 3 is 2.77 bits per heavy atom. The summed E-state index contributed by atoms with van der Waals surface area (Å²) in [5.74, 6) is -1.04. The molecule has 0 aliphatic carbocycles. The number of halogens is 3. The lowest BCUT2D eigenvalue weighted by Gasteiger charge is -2.31. The van der Waals surface area contributed by atoms with Gasteiger partial charge in [0, 0.05) is 18.0 Å². The number of alkyl halides is 3. The van der Waals surface area contributed by atoms with Crippen LogP contribution >= 0.6 is 11.3 Å². The fourth-order valence-corrected chi connectivity index (χ4v) is 3.31. The molecule has 1 aromatic rings. The summed E-state index contributed by atoms with van der Waals surface area (Å²) in [7, 11) is 0. The summed E-state index contributed by atoms with van der Waals surface area (Å²) in [6.45, 7) is 2.11. The molecule has 0 amide bonds. The SMILES string of the molecule is O=C1ON=C(C(F)(F)F)/C1=C/CCc1ccc(N2CCC2)s1. The van der Waals surface area contributed by atoms with E-state index in [9.17, 15) is 18.0 Å². The van der Waals surface area contributed by atoms with Crippen LogP contribution in [-0.2, 0) is 16.1 Å². The standard InChI is InChI=1S/C14H13F3N2O2S/c15-14(16,17)12-10(13(20)21-18-12)4-1-3-9-5-6-11(22-9)19-7-2-8-19/h4-6H,1-3,7-8H2/b10-4-. The third kappa shape index (κ3) is 3.01. The van der Waals surface area contributed by atoms with Gasteiger partial charge in [-0.25, -0.2) is 4.79 Å². The Balaban J connectivity index is 1.62. The number of rotatable bonds is 4. The number of hydrogen-bond donors (Lipinski definition) is 0. The number of hydrogen-bond acceptors (Lipinski definition) is 5. The van der Waals surface area contributed by atoms with Crippen LogP contribution in [0.2, 0.25) is 0 Å². The first kappa shape index (κ1) is 15.1. The van der Waals surface area contributed by atoms with E-state index >= 15 is 0 Å². The van der Waals surface area contributed by atoms with Gasteiger partial charge in [-0.1, -0.05) is 11.2 Å². The van der Waals surface area contributed by atoms with Crippen molar-refractivity contribution in [3.8, 4) is 0 Å². The van der Waals surface area contributed by atoms with Crippen LogP contribution in [0.1, 0.15) is 17.7 Å². The van der Waals surface area contributed by atoms with E-state index in [0.717, 1.165) is 18.0 Å². The second-order valence-electron chi connectivity index (χ2n) is 5.05. The van der Waals surface area contributed by atoms with Crippen molar-refractivity contribution in [1.82, 2.24) is 0 Å². The normalized spacial score (nSPS) is 20.1. The van der Waals surface area contributed by atoms with Gasteiger partial charge < -0.3 is 9.74 Å². The predicted molar refractivity (Wildman–Crippen MR) is 77.1 cm³/mol. The summed E-state index contributed by atoms with van der Waals surface area (Å²) >= 11 is 1.63. The topological polar surface area (TPSA) is 41.9 Å². The molecular formula is C14H13F3N2O2S. The van der Waals surface area contributed by atoms with Crippen molar-refractivity contribution in [2.75, 3.05) is 18.0 Å². The fourth-order valence-electron chi connectivity index (χ4n) is 2.23. The van der Waals surface area contributed by atoms with Crippen LogP contribution in [0, 0.1) is 0 Å². The van der Waals surface area contributed by atoms with Crippen molar-refractivity contribution in [2.24, 2.45) is 5.16 Å². The number of carbonyl (C=O) groups is 1. The van der Waals surface area contributed by atoms with Crippen molar-refractivity contribution >= 4 is 28.0 Å². The van der Waals surface area contributed by atoms with Crippen molar-refractivity contribution in [2.45, 2.75) is 25.4 Å². The van der Waals surface area contributed by atoms with Crippen molar-refractivity contribution in [3.63, 3.8) is 0 Å². The third-order valence-corrected chi connectivity index (χ3v) is 4.72. The second-order valence-corrected chi connectivity index (χ2v) is 6.20. The van der Waals surface area contributed by atoms with Crippen LogP contribution in [0.15, 0.2) is 28.9 Å². The summed E-state index contributed by atoms with van der Waals surface area (Å²) in [6, 6.07) is 4.00. The Morgan fingerprint density at radius 1 is 1.36 bits per heavy atom. The highest BCUT2D eigenvalue weighted by atomic mass is 32.1. The zero-order valence-electron chi connectivity index (χ0n) is 11.5. The summed E-state index contributed by atoms with van der Waals surface area (Å²) in [5, 5.41) is 4.00. The van der Waals surface area contributed by atoms with E-state index in [2.05, 4.69) is 14.9 Å². The lowest BCUT2D eigenvalue weighted by atomic mass is 10.1. The summed E-state index contributed by atoms with van der Waals surface area (Å²) < 4.78 is 38.0. The van der Waals surface area contributed by atoms with Crippen LogP contribution in [0.25, 0.3) is 0 Å². The van der Waals surface area contributed by atoms with E-state index in [-0.39, 0.29) is 0 Å². The number of oxime groups is 1. The second kappa shape index (κ2) is 5.75. The third-order valence-electron chi connectivity index (χ3n) is 3.52. The molecule has 0 bridgehead atoms. The first-order valence-electron chi connectivity index (χ1n) is 6.86. The van der Waals surface area contributed by atoms with Crippen molar-refractivity contribution in [1.29, 1.82) is 0 Å². The van der Waals surface area contributed by atoms with E-state index in [4.69, 9.17) is 0 Å². The molecule has 0 unspecified atom stereocenters. The molecule has 3 heterocycles. The molecular weight excluding hydrogens is 317 g/mol. The van der Waals surface area contributed by atoms with E-state index in [1.807, 2.05) is 12.1 Å². The van der Waals surface area contributed by atoms with Gasteiger partial charge >= 0.3 is 12.1 Å². The highest BCUT2D eigenvalue weighted by Crippen LogP contribution is 2.31. The van der Waals surface area contributed by atoms with Crippen molar-refractivity contribution in [3.05, 3.63) is 28.7 Å². The molecule has 1 saturated heterocycles.